The largest absolute Gasteiger partial charge is 0.343 e. The highest BCUT2D eigenvalue weighted by Gasteiger charge is 2.37. The van der Waals surface area contributed by atoms with E-state index in [1.807, 2.05) is 18.2 Å². The molecule has 0 aliphatic carbocycles. The first-order chi connectivity index (χ1) is 9.50. The van der Waals surface area contributed by atoms with Crippen LogP contribution in [0, 0.1) is 5.92 Å². The summed E-state index contributed by atoms with van der Waals surface area (Å²) in [5.74, 6) is 0.158. The highest BCUT2D eigenvalue weighted by atomic mass is 79.9. The van der Waals surface area contributed by atoms with Crippen LogP contribution in [0.1, 0.15) is 35.9 Å². The number of rotatable bonds is 2. The molecule has 104 valence electrons. The Balaban J connectivity index is 2.19. The van der Waals surface area contributed by atoms with Gasteiger partial charge in [0.15, 0.2) is 5.69 Å². The molecular weight excluding hydrogens is 342 g/mol. The van der Waals surface area contributed by atoms with Gasteiger partial charge in [0, 0.05) is 5.56 Å². The summed E-state index contributed by atoms with van der Waals surface area (Å²) in [4.78, 5) is 12.0. The van der Waals surface area contributed by atoms with Crippen LogP contribution in [-0.4, -0.2) is 15.7 Å². The first-order valence-electron chi connectivity index (χ1n) is 6.35. The van der Waals surface area contributed by atoms with Gasteiger partial charge in [0.1, 0.15) is 4.60 Å². The number of halogens is 2. The molecule has 2 aromatic rings. The van der Waals surface area contributed by atoms with Crippen molar-refractivity contribution in [2.24, 2.45) is 5.92 Å². The summed E-state index contributed by atoms with van der Waals surface area (Å²) < 4.78 is 2.46. The number of nitrogens with zero attached hydrogens (tertiary/aromatic N) is 2. The van der Waals surface area contributed by atoms with Gasteiger partial charge in [-0.2, -0.15) is 5.10 Å². The van der Waals surface area contributed by atoms with Gasteiger partial charge in [0.2, 0.25) is 0 Å². The molecule has 3 rings (SSSR count). The number of carbonyl (C=O) groups excluding carboxylic acids is 1. The van der Waals surface area contributed by atoms with E-state index in [1.165, 1.54) is 0 Å². The fourth-order valence-corrected chi connectivity index (χ4v) is 3.34. The number of amides is 1. The molecule has 1 unspecified atom stereocenters. The molecule has 0 saturated carbocycles. The Hall–Kier alpha value is -1.33. The Morgan fingerprint density at radius 3 is 2.75 bits per heavy atom. The Kier molecular flexibility index (Phi) is 3.34. The van der Waals surface area contributed by atoms with Gasteiger partial charge in [-0.15, -0.1) is 0 Å². The molecule has 1 aliphatic rings. The number of aromatic nitrogens is 2. The summed E-state index contributed by atoms with van der Waals surface area (Å²) in [7, 11) is 0. The first-order valence-corrected chi connectivity index (χ1v) is 7.52. The molecule has 0 bridgehead atoms. The molecule has 0 fully saturated rings. The van der Waals surface area contributed by atoms with Crippen molar-refractivity contribution < 1.29 is 4.79 Å². The average Bonchev–Trinajstić information content (AvgIpc) is 2.90. The minimum atomic E-state index is -0.134. The van der Waals surface area contributed by atoms with E-state index < -0.39 is 0 Å². The maximum absolute atomic E-state index is 12.0. The van der Waals surface area contributed by atoms with Crippen LogP contribution in [0.15, 0.2) is 28.9 Å². The van der Waals surface area contributed by atoms with Crippen LogP contribution >= 0.6 is 27.5 Å². The summed E-state index contributed by atoms with van der Waals surface area (Å²) in [6, 6.07) is 7.40. The molecule has 0 saturated heterocycles. The van der Waals surface area contributed by atoms with E-state index in [-0.39, 0.29) is 11.9 Å². The summed E-state index contributed by atoms with van der Waals surface area (Å²) in [6.45, 7) is 4.14. The Morgan fingerprint density at radius 1 is 1.40 bits per heavy atom. The number of hydrogen-bond acceptors (Lipinski definition) is 2. The van der Waals surface area contributed by atoms with E-state index in [4.69, 9.17) is 11.6 Å². The first kappa shape index (κ1) is 13.6. The predicted molar refractivity (Wildman–Crippen MR) is 81.3 cm³/mol. The van der Waals surface area contributed by atoms with Crippen molar-refractivity contribution in [1.29, 1.82) is 0 Å². The lowest BCUT2D eigenvalue weighted by molar-refractivity contribution is 0.0943. The van der Waals surface area contributed by atoms with Gasteiger partial charge in [-0.25, -0.2) is 4.68 Å². The molecule has 1 atom stereocenters. The SMILES string of the molecule is CC(C)C1NC(=O)c2nn(-c3ccccc3Cl)c(Br)c21. The van der Waals surface area contributed by atoms with Crippen molar-refractivity contribution in [3.8, 4) is 5.69 Å². The van der Waals surface area contributed by atoms with Gasteiger partial charge in [0.05, 0.1) is 16.8 Å². The minimum Gasteiger partial charge on any atom is -0.343 e. The van der Waals surface area contributed by atoms with E-state index in [9.17, 15) is 4.79 Å². The second kappa shape index (κ2) is 4.90. The summed E-state index contributed by atoms with van der Waals surface area (Å²) >= 11 is 9.77. The van der Waals surface area contributed by atoms with Crippen LogP contribution in [-0.2, 0) is 0 Å². The van der Waals surface area contributed by atoms with Gasteiger partial charge in [0.25, 0.3) is 5.91 Å². The number of nitrogens with one attached hydrogen (secondary N) is 1. The molecule has 1 amide bonds. The van der Waals surface area contributed by atoms with E-state index in [0.29, 0.717) is 16.6 Å². The number of carbonyl (C=O) groups is 1. The Morgan fingerprint density at radius 2 is 2.10 bits per heavy atom. The maximum Gasteiger partial charge on any atom is 0.272 e. The topological polar surface area (TPSA) is 46.9 Å². The molecule has 20 heavy (non-hydrogen) atoms. The van der Waals surface area contributed by atoms with Crippen molar-refractivity contribution in [3.63, 3.8) is 0 Å². The van der Waals surface area contributed by atoms with E-state index >= 15 is 0 Å². The van der Waals surface area contributed by atoms with E-state index in [2.05, 4.69) is 40.2 Å². The third-order valence-corrected chi connectivity index (χ3v) is 4.51. The van der Waals surface area contributed by atoms with Crippen LogP contribution in [0.25, 0.3) is 5.69 Å². The number of benzene rings is 1. The highest BCUT2D eigenvalue weighted by molar-refractivity contribution is 9.10. The van der Waals surface area contributed by atoms with Gasteiger partial charge >= 0.3 is 0 Å². The van der Waals surface area contributed by atoms with Crippen molar-refractivity contribution in [3.05, 3.63) is 45.1 Å². The molecule has 2 heterocycles. The summed E-state index contributed by atoms with van der Waals surface area (Å²) in [5, 5.41) is 7.96. The molecule has 1 aliphatic heterocycles. The van der Waals surface area contributed by atoms with Crippen LogP contribution < -0.4 is 5.32 Å². The van der Waals surface area contributed by atoms with Crippen molar-refractivity contribution in [1.82, 2.24) is 15.1 Å². The minimum absolute atomic E-state index is 0.0249. The molecule has 1 N–H and O–H groups in total. The standard InChI is InChI=1S/C14H13BrClN3O/c1-7(2)11-10-12(14(20)17-11)18-19(13(10)15)9-6-4-3-5-8(9)16/h3-7,11H,1-2H3,(H,17,20). The van der Waals surface area contributed by atoms with Crippen molar-refractivity contribution in [2.75, 3.05) is 0 Å². The lowest BCUT2D eigenvalue weighted by Gasteiger charge is -2.16. The Labute approximate surface area is 130 Å². The van der Waals surface area contributed by atoms with Crippen LogP contribution in [0.5, 0.6) is 0 Å². The fraction of sp³-hybridized carbons (Fsp3) is 0.286. The molecule has 1 aromatic carbocycles. The lowest BCUT2D eigenvalue weighted by Crippen LogP contribution is -2.24. The van der Waals surface area contributed by atoms with Gasteiger partial charge in [-0.05, 0) is 34.0 Å². The van der Waals surface area contributed by atoms with Gasteiger partial charge < -0.3 is 5.32 Å². The quantitative estimate of drug-likeness (QED) is 0.893. The third kappa shape index (κ3) is 1.96. The monoisotopic (exact) mass is 353 g/mol. The fourth-order valence-electron chi connectivity index (χ4n) is 2.42. The second-order valence-electron chi connectivity index (χ2n) is 5.11. The highest BCUT2D eigenvalue weighted by Crippen LogP contribution is 2.38. The van der Waals surface area contributed by atoms with Gasteiger partial charge in [-0.3, -0.25) is 4.79 Å². The van der Waals surface area contributed by atoms with Crippen LogP contribution in [0.3, 0.4) is 0 Å². The summed E-state index contributed by atoms with van der Waals surface area (Å²) in [5.41, 5.74) is 2.13. The summed E-state index contributed by atoms with van der Waals surface area (Å²) in [6.07, 6.45) is 0. The number of fused-ring (bicyclic) bond motifs is 1. The molecule has 1 aromatic heterocycles. The maximum atomic E-state index is 12.0. The molecule has 0 spiro atoms. The van der Waals surface area contributed by atoms with E-state index in [1.54, 1.807) is 10.7 Å². The van der Waals surface area contributed by atoms with Crippen molar-refractivity contribution >= 4 is 33.4 Å². The molecule has 6 heteroatoms. The van der Waals surface area contributed by atoms with Crippen LogP contribution in [0.2, 0.25) is 5.02 Å². The lowest BCUT2D eigenvalue weighted by atomic mass is 10.00. The molecule has 0 radical (unpaired) electrons. The number of para-hydroxylation sites is 1. The van der Waals surface area contributed by atoms with Crippen molar-refractivity contribution in [2.45, 2.75) is 19.9 Å². The predicted octanol–water partition coefficient (Wildman–Crippen LogP) is 3.73. The number of hydrogen-bond donors (Lipinski definition) is 1. The molecular formula is C14H13BrClN3O. The zero-order valence-electron chi connectivity index (χ0n) is 11.0. The zero-order chi connectivity index (χ0) is 14.4. The second-order valence-corrected chi connectivity index (χ2v) is 6.27. The molecule has 4 nitrogen and oxygen atoms in total. The van der Waals surface area contributed by atoms with Gasteiger partial charge in [-0.1, -0.05) is 37.6 Å². The Bertz CT molecular complexity index is 696. The zero-order valence-corrected chi connectivity index (χ0v) is 13.4. The normalized spacial score (nSPS) is 17.4. The van der Waals surface area contributed by atoms with E-state index in [0.717, 1.165) is 15.9 Å². The smallest absolute Gasteiger partial charge is 0.272 e. The average molecular weight is 355 g/mol. The van der Waals surface area contributed by atoms with Crippen LogP contribution in [0.4, 0.5) is 0 Å². The third-order valence-electron chi connectivity index (χ3n) is 3.42.